The number of fused-ring (bicyclic) bond motifs is 6. The van der Waals surface area contributed by atoms with Crippen LogP contribution in [-0.4, -0.2) is 0 Å². The Bertz CT molecular complexity index is 634. The first-order valence-electron chi connectivity index (χ1n) is 8.15. The molecule has 20 heavy (non-hydrogen) atoms. The standard InChI is InChI=1S/C20H24/c1-11-9-17-18-10-12(2)14(4)20(18)16-8-6-5-7-15(16)19(17)13(11)3/h5-8,11-14H,9-10H2,1-4H3/t11-,12+,13-,14+. The van der Waals surface area contributed by atoms with Crippen LogP contribution in [0.25, 0.3) is 10.8 Å². The lowest BCUT2D eigenvalue weighted by molar-refractivity contribution is 0.526. The summed E-state index contributed by atoms with van der Waals surface area (Å²) >= 11 is 0. The predicted molar refractivity (Wildman–Crippen MR) is 86.5 cm³/mol. The minimum absolute atomic E-state index is 0.714. The van der Waals surface area contributed by atoms with Crippen LogP contribution in [0.4, 0.5) is 0 Å². The van der Waals surface area contributed by atoms with Crippen molar-refractivity contribution in [2.45, 2.75) is 52.4 Å². The summed E-state index contributed by atoms with van der Waals surface area (Å²) in [5.41, 5.74) is 6.78. The van der Waals surface area contributed by atoms with Crippen molar-refractivity contribution in [1.82, 2.24) is 0 Å². The summed E-state index contributed by atoms with van der Waals surface area (Å²) in [4.78, 5) is 0. The Kier molecular flexibility index (Phi) is 2.55. The van der Waals surface area contributed by atoms with Crippen LogP contribution in [0.3, 0.4) is 0 Å². The van der Waals surface area contributed by atoms with Crippen molar-refractivity contribution in [3.8, 4) is 0 Å². The van der Waals surface area contributed by atoms with Crippen molar-refractivity contribution in [2.75, 3.05) is 0 Å². The average Bonchev–Trinajstić information content (AvgIpc) is 2.90. The highest BCUT2D eigenvalue weighted by Gasteiger charge is 2.36. The van der Waals surface area contributed by atoms with Crippen LogP contribution in [0.2, 0.25) is 0 Å². The summed E-state index contributed by atoms with van der Waals surface area (Å²) in [6.07, 6.45) is 2.59. The summed E-state index contributed by atoms with van der Waals surface area (Å²) in [5, 5.41) is 3.08. The molecule has 0 unspecified atom stereocenters. The fourth-order valence-electron chi connectivity index (χ4n) is 4.68. The smallest absolute Gasteiger partial charge is 0.0143 e. The van der Waals surface area contributed by atoms with E-state index in [0.29, 0.717) is 11.8 Å². The van der Waals surface area contributed by atoms with Crippen molar-refractivity contribution in [3.05, 3.63) is 46.5 Å². The lowest BCUT2D eigenvalue weighted by Gasteiger charge is -2.18. The van der Waals surface area contributed by atoms with Crippen LogP contribution in [-0.2, 0) is 12.8 Å². The number of hydrogen-bond acceptors (Lipinski definition) is 0. The molecule has 2 aromatic carbocycles. The summed E-state index contributed by atoms with van der Waals surface area (Å²) in [6.45, 7) is 9.70. The molecule has 0 heteroatoms. The summed E-state index contributed by atoms with van der Waals surface area (Å²) < 4.78 is 0. The van der Waals surface area contributed by atoms with Gasteiger partial charge in [-0.2, -0.15) is 0 Å². The second-order valence-corrected chi connectivity index (χ2v) is 7.27. The molecule has 0 N–H and O–H groups in total. The highest BCUT2D eigenvalue weighted by Crippen LogP contribution is 2.51. The van der Waals surface area contributed by atoms with Gasteiger partial charge in [-0.05, 0) is 69.5 Å². The second kappa shape index (κ2) is 4.10. The van der Waals surface area contributed by atoms with E-state index in [1.807, 2.05) is 0 Å². The Morgan fingerprint density at radius 1 is 0.700 bits per heavy atom. The minimum Gasteiger partial charge on any atom is -0.0616 e. The molecule has 0 amide bonds. The van der Waals surface area contributed by atoms with E-state index in [1.165, 1.54) is 12.8 Å². The minimum atomic E-state index is 0.714. The molecule has 4 atom stereocenters. The van der Waals surface area contributed by atoms with Gasteiger partial charge in [-0.1, -0.05) is 52.0 Å². The lowest BCUT2D eigenvalue weighted by atomic mass is 9.86. The summed E-state index contributed by atoms with van der Waals surface area (Å²) in [5.74, 6) is 3.02. The molecule has 4 rings (SSSR count). The van der Waals surface area contributed by atoms with Gasteiger partial charge in [-0.25, -0.2) is 0 Å². The molecule has 0 heterocycles. The van der Waals surface area contributed by atoms with Crippen LogP contribution in [0.1, 0.15) is 61.8 Å². The molecule has 0 aliphatic heterocycles. The molecule has 2 aromatic rings. The molecular weight excluding hydrogens is 240 g/mol. The van der Waals surface area contributed by atoms with Crippen molar-refractivity contribution in [1.29, 1.82) is 0 Å². The van der Waals surface area contributed by atoms with Crippen LogP contribution < -0.4 is 0 Å². The molecule has 0 saturated heterocycles. The molecule has 0 radical (unpaired) electrons. The second-order valence-electron chi connectivity index (χ2n) is 7.27. The Balaban J connectivity index is 2.14. The quantitative estimate of drug-likeness (QED) is 0.595. The van der Waals surface area contributed by atoms with Gasteiger partial charge in [0.25, 0.3) is 0 Å². The van der Waals surface area contributed by atoms with E-state index >= 15 is 0 Å². The number of benzene rings is 2. The van der Waals surface area contributed by atoms with Crippen molar-refractivity contribution >= 4 is 10.8 Å². The Hall–Kier alpha value is -1.30. The zero-order valence-electron chi connectivity index (χ0n) is 13.0. The fraction of sp³-hybridized carbons (Fsp3) is 0.500. The summed E-state index contributed by atoms with van der Waals surface area (Å²) in [6, 6.07) is 9.15. The summed E-state index contributed by atoms with van der Waals surface area (Å²) in [7, 11) is 0. The first-order chi connectivity index (χ1) is 9.59. The van der Waals surface area contributed by atoms with E-state index in [-0.39, 0.29) is 0 Å². The highest BCUT2D eigenvalue weighted by atomic mass is 14.4. The molecule has 0 fully saturated rings. The van der Waals surface area contributed by atoms with E-state index in [4.69, 9.17) is 0 Å². The third kappa shape index (κ3) is 1.43. The van der Waals surface area contributed by atoms with E-state index < -0.39 is 0 Å². The van der Waals surface area contributed by atoms with Crippen LogP contribution in [0.15, 0.2) is 24.3 Å². The van der Waals surface area contributed by atoms with E-state index in [1.54, 1.807) is 33.0 Å². The van der Waals surface area contributed by atoms with Crippen LogP contribution >= 0.6 is 0 Å². The van der Waals surface area contributed by atoms with E-state index in [2.05, 4.69) is 52.0 Å². The first kappa shape index (κ1) is 12.4. The number of rotatable bonds is 0. The van der Waals surface area contributed by atoms with Crippen molar-refractivity contribution < 1.29 is 0 Å². The SMILES string of the molecule is C[C@@H]1Cc2c3c(c4ccccc4c2[C@@H]1C)[C@@H](C)[C@@H](C)C3. The topological polar surface area (TPSA) is 0 Å². The van der Waals surface area contributed by atoms with Gasteiger partial charge in [-0.15, -0.1) is 0 Å². The molecular formula is C20H24. The maximum absolute atomic E-state index is 2.43. The maximum Gasteiger partial charge on any atom is -0.0143 e. The molecule has 0 nitrogen and oxygen atoms in total. The normalized spacial score (nSPS) is 31.6. The maximum atomic E-state index is 2.43. The van der Waals surface area contributed by atoms with Gasteiger partial charge >= 0.3 is 0 Å². The fourth-order valence-corrected chi connectivity index (χ4v) is 4.68. The van der Waals surface area contributed by atoms with Gasteiger partial charge in [0.15, 0.2) is 0 Å². The Morgan fingerprint density at radius 2 is 1.10 bits per heavy atom. The molecule has 0 aromatic heterocycles. The van der Waals surface area contributed by atoms with Gasteiger partial charge < -0.3 is 0 Å². The molecule has 104 valence electrons. The zero-order valence-corrected chi connectivity index (χ0v) is 13.0. The molecule has 2 aliphatic rings. The van der Waals surface area contributed by atoms with Gasteiger partial charge in [0.1, 0.15) is 0 Å². The molecule has 0 spiro atoms. The van der Waals surface area contributed by atoms with E-state index in [9.17, 15) is 0 Å². The molecule has 0 saturated carbocycles. The van der Waals surface area contributed by atoms with Gasteiger partial charge in [0.05, 0.1) is 0 Å². The van der Waals surface area contributed by atoms with Gasteiger partial charge in [0.2, 0.25) is 0 Å². The Labute approximate surface area is 122 Å². The zero-order chi connectivity index (χ0) is 14.0. The monoisotopic (exact) mass is 264 g/mol. The third-order valence-corrected chi connectivity index (χ3v) is 6.19. The highest BCUT2D eigenvalue weighted by molar-refractivity contribution is 5.93. The molecule has 0 bridgehead atoms. The lowest BCUT2D eigenvalue weighted by Crippen LogP contribution is -2.00. The number of hydrogen-bond donors (Lipinski definition) is 0. The molecule has 2 aliphatic carbocycles. The Morgan fingerprint density at radius 3 is 1.50 bits per heavy atom. The van der Waals surface area contributed by atoms with Gasteiger partial charge in [-0.3, -0.25) is 0 Å². The van der Waals surface area contributed by atoms with Crippen LogP contribution in [0, 0.1) is 11.8 Å². The van der Waals surface area contributed by atoms with Crippen molar-refractivity contribution in [3.63, 3.8) is 0 Å². The van der Waals surface area contributed by atoms with Crippen LogP contribution in [0.5, 0.6) is 0 Å². The predicted octanol–water partition coefficient (Wildman–Crippen LogP) is 5.43. The third-order valence-electron chi connectivity index (χ3n) is 6.19. The van der Waals surface area contributed by atoms with Gasteiger partial charge in [0, 0.05) is 0 Å². The largest absolute Gasteiger partial charge is 0.0616 e. The van der Waals surface area contributed by atoms with E-state index in [0.717, 1.165) is 11.8 Å². The van der Waals surface area contributed by atoms with Crippen molar-refractivity contribution in [2.24, 2.45) is 11.8 Å². The first-order valence-corrected chi connectivity index (χ1v) is 8.15. The average molecular weight is 264 g/mol.